The molecule has 0 bridgehead atoms. The molecule has 18 heavy (non-hydrogen) atoms. The zero-order valence-corrected chi connectivity index (χ0v) is 10.9. The van der Waals surface area contributed by atoms with Gasteiger partial charge in [-0.25, -0.2) is 4.98 Å². The van der Waals surface area contributed by atoms with Gasteiger partial charge in [-0.05, 0) is 51.1 Å². The van der Waals surface area contributed by atoms with Gasteiger partial charge in [0.2, 0.25) is 5.88 Å². The summed E-state index contributed by atoms with van der Waals surface area (Å²) in [6, 6.07) is 13.1. The Bertz CT molecular complexity index is 486. The molecule has 0 saturated heterocycles. The van der Waals surface area contributed by atoms with Crippen molar-refractivity contribution in [2.75, 3.05) is 0 Å². The minimum atomic E-state index is -0.191. The zero-order chi connectivity index (χ0) is 13.0. The molecule has 0 fully saturated rings. The van der Waals surface area contributed by atoms with Gasteiger partial charge in [-0.15, -0.1) is 0 Å². The normalized spacial score (nSPS) is 11.1. The number of pyridine rings is 1. The third kappa shape index (κ3) is 3.77. The molecule has 0 saturated carbocycles. The Labute approximate surface area is 107 Å². The van der Waals surface area contributed by atoms with Crippen LogP contribution in [0.25, 0.3) is 0 Å². The Kier molecular flexibility index (Phi) is 3.51. The minimum absolute atomic E-state index is 0.191. The van der Waals surface area contributed by atoms with Crippen molar-refractivity contribution in [1.82, 2.24) is 4.98 Å². The highest BCUT2D eigenvalue weighted by Crippen LogP contribution is 2.24. The topological polar surface area (TPSA) is 31.4 Å². The van der Waals surface area contributed by atoms with E-state index < -0.39 is 0 Å². The van der Waals surface area contributed by atoms with Crippen molar-refractivity contribution >= 4 is 0 Å². The number of aromatic nitrogens is 1. The molecule has 94 valence electrons. The van der Waals surface area contributed by atoms with Crippen LogP contribution in [-0.4, -0.2) is 10.6 Å². The fraction of sp³-hybridized carbons (Fsp3) is 0.267. The molecule has 0 radical (unpaired) electrons. The Hall–Kier alpha value is -2.03. The Morgan fingerprint density at radius 3 is 2.11 bits per heavy atom. The van der Waals surface area contributed by atoms with E-state index in [1.54, 1.807) is 6.20 Å². The van der Waals surface area contributed by atoms with Crippen LogP contribution in [0.4, 0.5) is 0 Å². The fourth-order valence-electron chi connectivity index (χ4n) is 1.46. The van der Waals surface area contributed by atoms with Crippen LogP contribution < -0.4 is 9.47 Å². The Morgan fingerprint density at radius 2 is 1.56 bits per heavy atom. The van der Waals surface area contributed by atoms with E-state index in [2.05, 4.69) is 4.98 Å². The van der Waals surface area contributed by atoms with Crippen LogP contribution in [0.5, 0.6) is 17.4 Å². The van der Waals surface area contributed by atoms with E-state index in [9.17, 15) is 0 Å². The minimum Gasteiger partial charge on any atom is -0.488 e. The Morgan fingerprint density at radius 1 is 0.889 bits per heavy atom. The summed E-state index contributed by atoms with van der Waals surface area (Å²) in [6.45, 7) is 6.06. The summed E-state index contributed by atoms with van der Waals surface area (Å²) >= 11 is 0. The molecular formula is C15H17NO2. The number of rotatable bonds is 3. The van der Waals surface area contributed by atoms with Gasteiger partial charge in [0.15, 0.2) is 0 Å². The van der Waals surface area contributed by atoms with E-state index in [-0.39, 0.29) is 5.60 Å². The highest BCUT2D eigenvalue weighted by molar-refractivity contribution is 5.33. The summed E-state index contributed by atoms with van der Waals surface area (Å²) in [7, 11) is 0. The van der Waals surface area contributed by atoms with Gasteiger partial charge in [-0.1, -0.05) is 6.07 Å². The highest BCUT2D eigenvalue weighted by atomic mass is 16.5. The maximum absolute atomic E-state index is 5.74. The van der Waals surface area contributed by atoms with E-state index in [0.29, 0.717) is 5.88 Å². The predicted molar refractivity (Wildman–Crippen MR) is 71.1 cm³/mol. The van der Waals surface area contributed by atoms with Gasteiger partial charge in [-0.3, -0.25) is 0 Å². The van der Waals surface area contributed by atoms with Crippen LogP contribution in [0, 0.1) is 0 Å². The molecule has 1 aromatic heterocycles. The first kappa shape index (κ1) is 12.4. The molecule has 1 aromatic carbocycles. The average Bonchev–Trinajstić information content (AvgIpc) is 2.31. The molecule has 1 heterocycles. The number of ether oxygens (including phenoxy) is 2. The molecule has 3 heteroatoms. The SMILES string of the molecule is CC(C)(C)Oc1ccc(Oc2ccccn2)cc1. The third-order valence-corrected chi connectivity index (χ3v) is 2.11. The average molecular weight is 243 g/mol. The first-order valence-corrected chi connectivity index (χ1v) is 5.91. The molecule has 2 aromatic rings. The van der Waals surface area contributed by atoms with Gasteiger partial charge >= 0.3 is 0 Å². The van der Waals surface area contributed by atoms with Crippen molar-refractivity contribution in [1.29, 1.82) is 0 Å². The molecule has 2 rings (SSSR count). The molecule has 0 N–H and O–H groups in total. The number of nitrogens with zero attached hydrogens (tertiary/aromatic N) is 1. The van der Waals surface area contributed by atoms with Crippen molar-refractivity contribution in [3.8, 4) is 17.4 Å². The predicted octanol–water partition coefficient (Wildman–Crippen LogP) is 4.05. The molecular weight excluding hydrogens is 226 g/mol. The van der Waals surface area contributed by atoms with Crippen LogP contribution in [0.1, 0.15) is 20.8 Å². The van der Waals surface area contributed by atoms with Crippen molar-refractivity contribution in [3.63, 3.8) is 0 Å². The second-order valence-electron chi connectivity index (χ2n) is 4.96. The van der Waals surface area contributed by atoms with Gasteiger partial charge in [0.25, 0.3) is 0 Å². The standard InChI is InChI=1S/C15H17NO2/c1-15(2,3)18-13-9-7-12(8-10-13)17-14-6-4-5-11-16-14/h4-11H,1-3H3. The smallest absolute Gasteiger partial charge is 0.219 e. The van der Waals surface area contributed by atoms with Gasteiger partial charge in [0, 0.05) is 12.3 Å². The summed E-state index contributed by atoms with van der Waals surface area (Å²) in [4.78, 5) is 4.10. The molecule has 0 unspecified atom stereocenters. The summed E-state index contributed by atoms with van der Waals surface area (Å²) in [5, 5.41) is 0. The molecule has 0 atom stereocenters. The van der Waals surface area contributed by atoms with Crippen LogP contribution in [-0.2, 0) is 0 Å². The van der Waals surface area contributed by atoms with Crippen LogP contribution in [0.2, 0.25) is 0 Å². The molecule has 0 spiro atoms. The number of hydrogen-bond acceptors (Lipinski definition) is 3. The van der Waals surface area contributed by atoms with Gasteiger partial charge in [0.1, 0.15) is 17.1 Å². The van der Waals surface area contributed by atoms with Crippen molar-refractivity contribution in [2.24, 2.45) is 0 Å². The zero-order valence-electron chi connectivity index (χ0n) is 10.9. The molecule has 0 aliphatic heterocycles. The van der Waals surface area contributed by atoms with Gasteiger partial charge < -0.3 is 9.47 Å². The first-order valence-electron chi connectivity index (χ1n) is 5.91. The van der Waals surface area contributed by atoms with Crippen molar-refractivity contribution in [3.05, 3.63) is 48.7 Å². The van der Waals surface area contributed by atoms with Gasteiger partial charge in [-0.2, -0.15) is 0 Å². The van der Waals surface area contributed by atoms with Crippen molar-refractivity contribution < 1.29 is 9.47 Å². The van der Waals surface area contributed by atoms with E-state index in [1.165, 1.54) is 0 Å². The molecule has 0 amide bonds. The van der Waals surface area contributed by atoms with E-state index >= 15 is 0 Å². The van der Waals surface area contributed by atoms with Crippen molar-refractivity contribution in [2.45, 2.75) is 26.4 Å². The van der Waals surface area contributed by atoms with Crippen LogP contribution in [0.3, 0.4) is 0 Å². The summed E-state index contributed by atoms with van der Waals surface area (Å²) < 4.78 is 11.3. The number of hydrogen-bond donors (Lipinski definition) is 0. The molecule has 0 aliphatic rings. The Balaban J connectivity index is 2.04. The van der Waals surface area contributed by atoms with E-state index in [0.717, 1.165) is 11.5 Å². The van der Waals surface area contributed by atoms with Gasteiger partial charge in [0.05, 0.1) is 0 Å². The van der Waals surface area contributed by atoms with Crippen LogP contribution >= 0.6 is 0 Å². The fourth-order valence-corrected chi connectivity index (χ4v) is 1.46. The molecule has 3 nitrogen and oxygen atoms in total. The summed E-state index contributed by atoms with van der Waals surface area (Å²) in [5.74, 6) is 2.16. The monoisotopic (exact) mass is 243 g/mol. The van der Waals surface area contributed by atoms with Crippen LogP contribution in [0.15, 0.2) is 48.7 Å². The lowest BCUT2D eigenvalue weighted by Gasteiger charge is -2.21. The summed E-state index contributed by atoms with van der Waals surface area (Å²) in [5.41, 5.74) is -0.191. The van der Waals surface area contributed by atoms with E-state index in [1.807, 2.05) is 63.2 Å². The maximum atomic E-state index is 5.74. The lowest BCUT2D eigenvalue weighted by atomic mass is 10.2. The highest BCUT2D eigenvalue weighted by Gasteiger charge is 2.11. The lowest BCUT2D eigenvalue weighted by Crippen LogP contribution is -2.22. The molecule has 0 aliphatic carbocycles. The second-order valence-corrected chi connectivity index (χ2v) is 4.96. The maximum Gasteiger partial charge on any atom is 0.219 e. The number of benzene rings is 1. The lowest BCUT2D eigenvalue weighted by molar-refractivity contribution is 0.131. The summed E-state index contributed by atoms with van der Waals surface area (Å²) in [6.07, 6.45) is 1.70. The van der Waals surface area contributed by atoms with E-state index in [4.69, 9.17) is 9.47 Å². The quantitative estimate of drug-likeness (QED) is 0.814. The largest absolute Gasteiger partial charge is 0.488 e. The second kappa shape index (κ2) is 5.08. The first-order chi connectivity index (χ1) is 8.53. The third-order valence-electron chi connectivity index (χ3n) is 2.11.